The molecule has 1 aliphatic rings. The average molecular weight is 400 g/mol. The third kappa shape index (κ3) is 4.66. The number of thiophene rings is 1. The quantitative estimate of drug-likeness (QED) is 0.714. The Labute approximate surface area is 160 Å². The summed E-state index contributed by atoms with van der Waals surface area (Å²) in [6.07, 6.45) is 6.04. The van der Waals surface area contributed by atoms with Gasteiger partial charge in [-0.05, 0) is 30.9 Å². The second-order valence-corrected chi connectivity index (χ2v) is 8.14. The van der Waals surface area contributed by atoms with E-state index in [4.69, 9.17) is 27.9 Å². The fourth-order valence-corrected chi connectivity index (χ4v) is 4.75. The molecule has 1 aromatic heterocycles. The number of esters is 1. The standard InChI is InChI=1S/C18H19Cl2NO3S/c19-12-6-7-13-14(8-12)25-17(16(13)20)18(23)24-10-15(22)21-9-11-4-2-1-3-5-11/h6-8,11H,1-5,9-10H2,(H,21,22). The first-order valence-electron chi connectivity index (χ1n) is 8.36. The zero-order valence-electron chi connectivity index (χ0n) is 13.6. The Bertz CT molecular complexity index is 784. The van der Waals surface area contributed by atoms with Crippen molar-refractivity contribution in [2.24, 2.45) is 5.92 Å². The summed E-state index contributed by atoms with van der Waals surface area (Å²) in [5, 5.41) is 4.51. The molecule has 0 unspecified atom stereocenters. The van der Waals surface area contributed by atoms with Gasteiger partial charge < -0.3 is 10.1 Å². The Kier molecular flexibility index (Phi) is 6.20. The number of rotatable bonds is 5. The predicted octanol–water partition coefficient (Wildman–Crippen LogP) is 5.06. The van der Waals surface area contributed by atoms with E-state index >= 15 is 0 Å². The molecule has 1 aliphatic carbocycles. The van der Waals surface area contributed by atoms with Crippen molar-refractivity contribution in [3.8, 4) is 0 Å². The summed E-state index contributed by atoms with van der Waals surface area (Å²) < 4.78 is 5.92. The number of nitrogens with one attached hydrogen (secondary N) is 1. The van der Waals surface area contributed by atoms with Gasteiger partial charge in [-0.1, -0.05) is 48.5 Å². The Morgan fingerprint density at radius 1 is 1.20 bits per heavy atom. The van der Waals surface area contributed by atoms with Gasteiger partial charge in [0.1, 0.15) is 4.88 Å². The predicted molar refractivity (Wildman–Crippen MR) is 102 cm³/mol. The summed E-state index contributed by atoms with van der Waals surface area (Å²) in [4.78, 5) is 24.4. The maximum Gasteiger partial charge on any atom is 0.350 e. The number of halogens is 2. The van der Waals surface area contributed by atoms with Crippen LogP contribution in [0.3, 0.4) is 0 Å². The Balaban J connectivity index is 1.53. The van der Waals surface area contributed by atoms with E-state index < -0.39 is 5.97 Å². The average Bonchev–Trinajstić information content (AvgIpc) is 2.94. The van der Waals surface area contributed by atoms with Gasteiger partial charge in [0.15, 0.2) is 6.61 Å². The van der Waals surface area contributed by atoms with Crippen LogP contribution in [0.2, 0.25) is 10.0 Å². The minimum Gasteiger partial charge on any atom is -0.451 e. The molecule has 0 spiro atoms. The number of ether oxygens (including phenoxy) is 1. The van der Waals surface area contributed by atoms with Crippen molar-refractivity contribution in [1.29, 1.82) is 0 Å². The fraction of sp³-hybridized carbons (Fsp3) is 0.444. The van der Waals surface area contributed by atoms with Crippen molar-refractivity contribution in [3.05, 3.63) is 33.1 Å². The normalized spacial score (nSPS) is 15.3. The van der Waals surface area contributed by atoms with Gasteiger partial charge in [-0.3, -0.25) is 4.79 Å². The highest BCUT2D eigenvalue weighted by atomic mass is 35.5. The van der Waals surface area contributed by atoms with Crippen molar-refractivity contribution in [2.45, 2.75) is 32.1 Å². The van der Waals surface area contributed by atoms with Crippen LogP contribution < -0.4 is 5.32 Å². The van der Waals surface area contributed by atoms with Gasteiger partial charge >= 0.3 is 5.97 Å². The molecular weight excluding hydrogens is 381 g/mol. The number of carbonyl (C=O) groups is 2. The van der Waals surface area contributed by atoms with Crippen LogP contribution in [0.4, 0.5) is 0 Å². The molecule has 2 aromatic rings. The lowest BCUT2D eigenvalue weighted by atomic mass is 9.89. The topological polar surface area (TPSA) is 55.4 Å². The van der Waals surface area contributed by atoms with E-state index in [1.165, 1.54) is 30.6 Å². The molecule has 0 saturated heterocycles. The largest absolute Gasteiger partial charge is 0.451 e. The summed E-state index contributed by atoms with van der Waals surface area (Å²) in [7, 11) is 0. The maximum absolute atomic E-state index is 12.2. The van der Waals surface area contributed by atoms with Crippen LogP contribution in [0.25, 0.3) is 10.1 Å². The molecule has 1 aromatic carbocycles. The summed E-state index contributed by atoms with van der Waals surface area (Å²) in [5.74, 6) is -0.329. The zero-order valence-corrected chi connectivity index (χ0v) is 16.0. The maximum atomic E-state index is 12.2. The number of hydrogen-bond acceptors (Lipinski definition) is 4. The van der Waals surface area contributed by atoms with Crippen molar-refractivity contribution in [2.75, 3.05) is 13.2 Å². The van der Waals surface area contributed by atoms with Gasteiger partial charge in [-0.2, -0.15) is 0 Å². The first-order chi connectivity index (χ1) is 12.0. The van der Waals surface area contributed by atoms with Crippen molar-refractivity contribution in [1.82, 2.24) is 5.32 Å². The van der Waals surface area contributed by atoms with Crippen LogP contribution >= 0.6 is 34.5 Å². The second kappa shape index (κ2) is 8.39. The molecule has 1 amide bonds. The van der Waals surface area contributed by atoms with E-state index in [0.29, 0.717) is 27.4 Å². The third-order valence-corrected chi connectivity index (χ3v) is 6.30. The smallest absolute Gasteiger partial charge is 0.350 e. The number of carbonyl (C=O) groups excluding carboxylic acids is 2. The van der Waals surface area contributed by atoms with E-state index in [-0.39, 0.29) is 12.5 Å². The highest BCUT2D eigenvalue weighted by Gasteiger charge is 2.20. The summed E-state index contributed by atoms with van der Waals surface area (Å²) in [5.41, 5.74) is 0. The molecule has 0 bridgehead atoms. The number of hydrogen-bond donors (Lipinski definition) is 1. The van der Waals surface area contributed by atoms with Crippen LogP contribution in [0.1, 0.15) is 41.8 Å². The van der Waals surface area contributed by atoms with Gasteiger partial charge in [0.25, 0.3) is 5.91 Å². The second-order valence-electron chi connectivity index (χ2n) is 6.27. The molecule has 1 N–H and O–H groups in total. The lowest BCUT2D eigenvalue weighted by Crippen LogP contribution is -2.33. The molecule has 0 radical (unpaired) electrons. The Morgan fingerprint density at radius 2 is 1.96 bits per heavy atom. The van der Waals surface area contributed by atoms with E-state index in [1.807, 2.05) is 0 Å². The van der Waals surface area contributed by atoms with Gasteiger partial charge in [0, 0.05) is 21.7 Å². The minimum atomic E-state index is -0.588. The fourth-order valence-electron chi connectivity index (χ4n) is 3.07. The van der Waals surface area contributed by atoms with Crippen molar-refractivity contribution < 1.29 is 14.3 Å². The Hall–Kier alpha value is -1.30. The number of benzene rings is 1. The van der Waals surface area contributed by atoms with E-state index in [0.717, 1.165) is 22.9 Å². The van der Waals surface area contributed by atoms with Crippen LogP contribution in [-0.2, 0) is 9.53 Å². The first kappa shape index (κ1) is 18.5. The summed E-state index contributed by atoms with van der Waals surface area (Å²) in [6.45, 7) is 0.357. The lowest BCUT2D eigenvalue weighted by Gasteiger charge is -2.21. The van der Waals surface area contributed by atoms with Crippen molar-refractivity contribution in [3.63, 3.8) is 0 Å². The number of fused-ring (bicyclic) bond motifs is 1. The third-order valence-electron chi connectivity index (χ3n) is 4.42. The van der Waals surface area contributed by atoms with E-state index in [2.05, 4.69) is 5.32 Å². The highest BCUT2D eigenvalue weighted by molar-refractivity contribution is 7.21. The monoisotopic (exact) mass is 399 g/mol. The van der Waals surface area contributed by atoms with Crippen LogP contribution in [-0.4, -0.2) is 25.0 Å². The van der Waals surface area contributed by atoms with E-state index in [9.17, 15) is 9.59 Å². The van der Waals surface area contributed by atoms with Gasteiger partial charge in [0.05, 0.1) is 5.02 Å². The molecule has 3 rings (SSSR count). The van der Waals surface area contributed by atoms with Gasteiger partial charge in [-0.15, -0.1) is 11.3 Å². The van der Waals surface area contributed by atoms with Crippen molar-refractivity contribution >= 4 is 56.5 Å². The molecule has 1 saturated carbocycles. The molecule has 1 fully saturated rings. The van der Waals surface area contributed by atoms with E-state index in [1.54, 1.807) is 18.2 Å². The molecule has 1 heterocycles. The molecule has 0 aliphatic heterocycles. The molecule has 4 nitrogen and oxygen atoms in total. The van der Waals surface area contributed by atoms with Crippen LogP contribution in [0, 0.1) is 5.92 Å². The van der Waals surface area contributed by atoms with Gasteiger partial charge in [-0.25, -0.2) is 4.79 Å². The first-order valence-corrected chi connectivity index (χ1v) is 9.93. The number of amides is 1. The van der Waals surface area contributed by atoms with Crippen LogP contribution in [0.5, 0.6) is 0 Å². The summed E-state index contributed by atoms with van der Waals surface area (Å²) in [6, 6.07) is 5.24. The van der Waals surface area contributed by atoms with Crippen LogP contribution in [0.15, 0.2) is 18.2 Å². The Morgan fingerprint density at radius 3 is 2.72 bits per heavy atom. The minimum absolute atomic E-state index is 0.279. The molecular formula is C18H19Cl2NO3S. The highest BCUT2D eigenvalue weighted by Crippen LogP contribution is 2.37. The lowest BCUT2D eigenvalue weighted by molar-refractivity contribution is -0.124. The molecule has 7 heteroatoms. The molecule has 0 atom stereocenters. The van der Waals surface area contributed by atoms with Gasteiger partial charge in [0.2, 0.25) is 0 Å². The molecule has 134 valence electrons. The molecule has 25 heavy (non-hydrogen) atoms. The summed E-state index contributed by atoms with van der Waals surface area (Å²) >= 11 is 13.4. The zero-order chi connectivity index (χ0) is 17.8. The SMILES string of the molecule is O=C(COC(=O)c1sc2cc(Cl)ccc2c1Cl)NCC1CCCCC1.